The molecule has 0 aliphatic heterocycles. The minimum atomic E-state index is -0.446. The Kier molecular flexibility index (Phi) is 4.06. The van der Waals surface area contributed by atoms with Gasteiger partial charge in [0.05, 0.1) is 11.5 Å². The topological polar surface area (TPSA) is 68.3 Å². The molecule has 0 aliphatic carbocycles. The van der Waals surface area contributed by atoms with E-state index in [1.54, 1.807) is 0 Å². The Labute approximate surface area is 115 Å². The average Bonchev–Trinajstić information content (AvgIpc) is 2.84. The highest BCUT2D eigenvalue weighted by Crippen LogP contribution is 2.28. The van der Waals surface area contributed by atoms with Gasteiger partial charge in [-0.1, -0.05) is 18.5 Å². The highest BCUT2D eigenvalue weighted by atomic mass is 35.5. The van der Waals surface area contributed by atoms with Gasteiger partial charge in [0, 0.05) is 17.5 Å². The van der Waals surface area contributed by atoms with Crippen LogP contribution < -0.4 is 5.32 Å². The normalized spacial score (nSPS) is 10.4. The van der Waals surface area contributed by atoms with Gasteiger partial charge in [0.15, 0.2) is 0 Å². The first-order valence-electron chi connectivity index (χ1n) is 5.85. The smallest absolute Gasteiger partial charge is 0.292 e. The van der Waals surface area contributed by atoms with E-state index >= 15 is 0 Å². The summed E-state index contributed by atoms with van der Waals surface area (Å²) in [4.78, 5) is 10.4. The molecule has 1 heterocycles. The van der Waals surface area contributed by atoms with Gasteiger partial charge in [-0.2, -0.15) is 0 Å². The van der Waals surface area contributed by atoms with Crippen LogP contribution in [0.1, 0.15) is 18.4 Å². The van der Waals surface area contributed by atoms with Gasteiger partial charge in [-0.05, 0) is 24.3 Å². The molecule has 5 nitrogen and oxygen atoms in total. The summed E-state index contributed by atoms with van der Waals surface area (Å²) in [5, 5.41) is 14.3. The van der Waals surface area contributed by atoms with Gasteiger partial charge in [0.2, 0.25) is 0 Å². The first kappa shape index (κ1) is 13.4. The lowest BCUT2D eigenvalue weighted by molar-refractivity contribution is -0.384. The number of benzene rings is 1. The summed E-state index contributed by atoms with van der Waals surface area (Å²) in [5.41, 5.74) is 0.374. The van der Waals surface area contributed by atoms with E-state index in [0.29, 0.717) is 17.3 Å². The largest absolute Gasteiger partial charge is 0.464 e. The SMILES string of the molecule is CCc1ccc(CNc2cc(Cl)ccc2[N+](=O)[O-])o1. The van der Waals surface area contributed by atoms with Crippen molar-refractivity contribution in [2.45, 2.75) is 19.9 Å². The van der Waals surface area contributed by atoms with Crippen molar-refractivity contribution in [3.8, 4) is 0 Å². The summed E-state index contributed by atoms with van der Waals surface area (Å²) in [6.45, 7) is 2.37. The number of nitro benzene ring substituents is 1. The van der Waals surface area contributed by atoms with Crippen LogP contribution in [0.2, 0.25) is 5.02 Å². The molecule has 100 valence electrons. The summed E-state index contributed by atoms with van der Waals surface area (Å²) < 4.78 is 5.52. The third-order valence-electron chi connectivity index (χ3n) is 2.67. The van der Waals surface area contributed by atoms with Gasteiger partial charge in [-0.3, -0.25) is 10.1 Å². The van der Waals surface area contributed by atoms with Crippen LogP contribution in [-0.2, 0) is 13.0 Å². The van der Waals surface area contributed by atoms with Crippen molar-refractivity contribution in [1.29, 1.82) is 0 Å². The third kappa shape index (κ3) is 3.26. The highest BCUT2D eigenvalue weighted by molar-refractivity contribution is 6.31. The molecular weight excluding hydrogens is 268 g/mol. The zero-order valence-electron chi connectivity index (χ0n) is 10.4. The monoisotopic (exact) mass is 280 g/mol. The number of hydrogen-bond donors (Lipinski definition) is 1. The lowest BCUT2D eigenvalue weighted by Gasteiger charge is -2.05. The summed E-state index contributed by atoms with van der Waals surface area (Å²) in [5.74, 6) is 1.61. The molecular formula is C13H13ClN2O3. The van der Waals surface area contributed by atoms with Crippen molar-refractivity contribution < 1.29 is 9.34 Å². The van der Waals surface area contributed by atoms with Crippen LogP contribution in [0.25, 0.3) is 0 Å². The van der Waals surface area contributed by atoms with E-state index in [2.05, 4.69) is 5.32 Å². The number of nitrogens with zero attached hydrogens (tertiary/aromatic N) is 1. The van der Waals surface area contributed by atoms with E-state index in [9.17, 15) is 10.1 Å². The van der Waals surface area contributed by atoms with E-state index in [-0.39, 0.29) is 5.69 Å². The lowest BCUT2D eigenvalue weighted by Crippen LogP contribution is -2.01. The molecule has 0 radical (unpaired) electrons. The number of nitrogens with one attached hydrogen (secondary N) is 1. The van der Waals surface area contributed by atoms with Crippen LogP contribution in [0.5, 0.6) is 0 Å². The molecule has 2 rings (SSSR count). The van der Waals surface area contributed by atoms with Crippen LogP contribution in [0.3, 0.4) is 0 Å². The molecule has 0 bridgehead atoms. The maximum atomic E-state index is 10.9. The van der Waals surface area contributed by atoms with Crippen molar-refractivity contribution in [3.05, 3.63) is 57.0 Å². The van der Waals surface area contributed by atoms with E-state index in [1.807, 2.05) is 19.1 Å². The Hall–Kier alpha value is -2.01. The number of aryl methyl sites for hydroxylation is 1. The predicted molar refractivity (Wildman–Crippen MR) is 73.5 cm³/mol. The van der Waals surface area contributed by atoms with Crippen molar-refractivity contribution in [3.63, 3.8) is 0 Å². The number of halogens is 1. The van der Waals surface area contributed by atoms with Gasteiger partial charge >= 0.3 is 0 Å². The first-order valence-corrected chi connectivity index (χ1v) is 6.23. The van der Waals surface area contributed by atoms with Crippen molar-refractivity contribution in [2.24, 2.45) is 0 Å². The van der Waals surface area contributed by atoms with Gasteiger partial charge in [-0.15, -0.1) is 0 Å². The van der Waals surface area contributed by atoms with E-state index in [4.69, 9.17) is 16.0 Å². The maximum Gasteiger partial charge on any atom is 0.292 e. The molecule has 0 saturated heterocycles. The number of hydrogen-bond acceptors (Lipinski definition) is 4. The summed E-state index contributed by atoms with van der Waals surface area (Å²) in [7, 11) is 0. The molecule has 1 aromatic heterocycles. The molecule has 0 unspecified atom stereocenters. The fourth-order valence-corrected chi connectivity index (χ4v) is 1.87. The van der Waals surface area contributed by atoms with E-state index in [0.717, 1.165) is 17.9 Å². The molecule has 0 aliphatic rings. The third-order valence-corrected chi connectivity index (χ3v) is 2.91. The first-order chi connectivity index (χ1) is 9.10. The van der Waals surface area contributed by atoms with Crippen LogP contribution in [-0.4, -0.2) is 4.92 Å². The zero-order chi connectivity index (χ0) is 13.8. The van der Waals surface area contributed by atoms with Gasteiger partial charge < -0.3 is 9.73 Å². The van der Waals surface area contributed by atoms with Gasteiger partial charge in [0.25, 0.3) is 5.69 Å². The quantitative estimate of drug-likeness (QED) is 0.663. The molecule has 6 heteroatoms. The Morgan fingerprint density at radius 2 is 2.05 bits per heavy atom. The summed E-state index contributed by atoms with van der Waals surface area (Å²) in [6.07, 6.45) is 0.817. The fraction of sp³-hybridized carbons (Fsp3) is 0.231. The Balaban J connectivity index is 2.14. The second-order valence-corrected chi connectivity index (χ2v) is 4.43. The second kappa shape index (κ2) is 5.75. The standard InChI is InChI=1S/C13H13ClN2O3/c1-2-10-4-5-11(19-10)8-15-12-7-9(14)3-6-13(12)16(17)18/h3-7,15H,2,8H2,1H3. The minimum Gasteiger partial charge on any atom is -0.464 e. The number of furan rings is 1. The maximum absolute atomic E-state index is 10.9. The van der Waals surface area contributed by atoms with Crippen LogP contribution in [0.15, 0.2) is 34.7 Å². The number of nitro groups is 1. The van der Waals surface area contributed by atoms with Crippen molar-refractivity contribution >= 4 is 23.0 Å². The number of anilines is 1. The zero-order valence-corrected chi connectivity index (χ0v) is 11.1. The molecule has 0 saturated carbocycles. The van der Waals surface area contributed by atoms with E-state index < -0.39 is 4.92 Å². The van der Waals surface area contributed by atoms with Crippen LogP contribution in [0, 0.1) is 10.1 Å². The minimum absolute atomic E-state index is 0.00771. The second-order valence-electron chi connectivity index (χ2n) is 3.99. The summed E-state index contributed by atoms with van der Waals surface area (Å²) >= 11 is 5.84. The molecule has 0 fully saturated rings. The Morgan fingerprint density at radius 3 is 2.68 bits per heavy atom. The summed E-state index contributed by atoms with van der Waals surface area (Å²) in [6, 6.07) is 8.15. The molecule has 0 amide bonds. The molecule has 0 spiro atoms. The molecule has 1 aromatic carbocycles. The van der Waals surface area contributed by atoms with E-state index in [1.165, 1.54) is 18.2 Å². The van der Waals surface area contributed by atoms with Crippen LogP contribution in [0.4, 0.5) is 11.4 Å². The highest BCUT2D eigenvalue weighted by Gasteiger charge is 2.14. The van der Waals surface area contributed by atoms with Gasteiger partial charge in [0.1, 0.15) is 17.2 Å². The average molecular weight is 281 g/mol. The van der Waals surface area contributed by atoms with Crippen molar-refractivity contribution in [2.75, 3.05) is 5.32 Å². The lowest BCUT2D eigenvalue weighted by atomic mass is 10.2. The Morgan fingerprint density at radius 1 is 1.32 bits per heavy atom. The molecule has 1 N–H and O–H groups in total. The number of rotatable bonds is 5. The molecule has 0 atom stereocenters. The Bertz CT molecular complexity index is 595. The predicted octanol–water partition coefficient (Wildman–Crippen LogP) is 4.02. The fourth-order valence-electron chi connectivity index (χ4n) is 1.70. The van der Waals surface area contributed by atoms with Gasteiger partial charge in [-0.25, -0.2) is 0 Å². The molecule has 2 aromatic rings. The van der Waals surface area contributed by atoms with Crippen LogP contribution >= 0.6 is 11.6 Å². The van der Waals surface area contributed by atoms with Crippen molar-refractivity contribution in [1.82, 2.24) is 0 Å². The molecule has 19 heavy (non-hydrogen) atoms.